The predicted molar refractivity (Wildman–Crippen MR) is 54.8 cm³/mol. The molecule has 0 aliphatic rings. The van der Waals surface area contributed by atoms with Crippen LogP contribution in [0, 0.1) is 13.8 Å². The van der Waals surface area contributed by atoms with Crippen molar-refractivity contribution in [1.29, 1.82) is 0 Å². The van der Waals surface area contributed by atoms with E-state index in [4.69, 9.17) is 10.8 Å². The van der Waals surface area contributed by atoms with Gasteiger partial charge in [-0.3, -0.25) is 0 Å². The number of nitrogens with two attached hydrogens (primary N) is 1. The molecule has 0 aliphatic carbocycles. The van der Waals surface area contributed by atoms with Gasteiger partial charge in [0.2, 0.25) is 5.84 Å². The zero-order chi connectivity index (χ0) is 10.7. The number of benzene rings is 1. The maximum Gasteiger partial charge on any atom is 0.371 e. The molecular weight excluding hydrogens is 180 g/mol. The fourth-order valence-electron chi connectivity index (χ4n) is 1.15. The van der Waals surface area contributed by atoms with Gasteiger partial charge in [0.25, 0.3) is 0 Å². The van der Waals surface area contributed by atoms with Crippen LogP contribution in [0.15, 0.2) is 23.2 Å². The van der Waals surface area contributed by atoms with Gasteiger partial charge in [-0.2, -0.15) is 0 Å². The van der Waals surface area contributed by atoms with Crippen molar-refractivity contribution in [3.05, 3.63) is 29.3 Å². The number of amidine groups is 1. The van der Waals surface area contributed by atoms with Crippen LogP contribution in [-0.2, 0) is 4.79 Å². The minimum Gasteiger partial charge on any atom is -0.475 e. The molecule has 0 radical (unpaired) electrons. The molecule has 0 saturated carbocycles. The topological polar surface area (TPSA) is 75.7 Å². The highest BCUT2D eigenvalue weighted by Crippen LogP contribution is 2.22. The molecular formula is C10H12N2O2. The highest BCUT2D eigenvalue weighted by molar-refractivity contribution is 6.34. The van der Waals surface area contributed by atoms with Crippen LogP contribution in [0.25, 0.3) is 0 Å². The minimum absolute atomic E-state index is 0.387. The van der Waals surface area contributed by atoms with E-state index in [1.165, 1.54) is 0 Å². The van der Waals surface area contributed by atoms with Crippen LogP contribution < -0.4 is 5.73 Å². The van der Waals surface area contributed by atoms with E-state index in [0.29, 0.717) is 5.69 Å². The summed E-state index contributed by atoms with van der Waals surface area (Å²) in [7, 11) is 0. The Morgan fingerprint density at radius 2 is 1.86 bits per heavy atom. The molecule has 4 heteroatoms. The fourth-order valence-corrected chi connectivity index (χ4v) is 1.15. The van der Waals surface area contributed by atoms with Gasteiger partial charge in [-0.05, 0) is 25.0 Å². The number of hydrogen-bond donors (Lipinski definition) is 2. The lowest BCUT2D eigenvalue weighted by molar-refractivity contribution is -0.129. The molecule has 0 heterocycles. The maximum absolute atomic E-state index is 10.5. The molecule has 0 amide bonds. The lowest BCUT2D eigenvalue weighted by atomic mass is 10.1. The van der Waals surface area contributed by atoms with Gasteiger partial charge >= 0.3 is 5.97 Å². The SMILES string of the molecule is Cc1cccc(C)c1N=C(N)C(=O)O. The fraction of sp³-hybridized carbons (Fsp3) is 0.200. The molecule has 0 aliphatic heterocycles. The predicted octanol–water partition coefficient (Wildman–Crippen LogP) is 1.38. The van der Waals surface area contributed by atoms with E-state index in [1.54, 1.807) is 0 Å². The van der Waals surface area contributed by atoms with Crippen molar-refractivity contribution in [1.82, 2.24) is 0 Å². The van der Waals surface area contributed by atoms with Crippen molar-refractivity contribution in [3.8, 4) is 0 Å². The summed E-state index contributed by atoms with van der Waals surface area (Å²) in [5.74, 6) is -1.59. The normalized spacial score (nSPS) is 11.4. The zero-order valence-electron chi connectivity index (χ0n) is 8.11. The lowest BCUT2D eigenvalue weighted by Crippen LogP contribution is -2.22. The summed E-state index contributed by atoms with van der Waals surface area (Å²) in [6, 6.07) is 5.61. The van der Waals surface area contributed by atoms with E-state index in [-0.39, 0.29) is 5.84 Å². The quantitative estimate of drug-likeness (QED) is 0.521. The summed E-state index contributed by atoms with van der Waals surface area (Å²) >= 11 is 0. The first kappa shape index (κ1) is 10.2. The Morgan fingerprint density at radius 1 is 1.36 bits per heavy atom. The highest BCUT2D eigenvalue weighted by atomic mass is 16.4. The first-order chi connectivity index (χ1) is 6.52. The van der Waals surface area contributed by atoms with Gasteiger partial charge in [0, 0.05) is 0 Å². The molecule has 14 heavy (non-hydrogen) atoms. The Morgan fingerprint density at radius 3 is 2.29 bits per heavy atom. The van der Waals surface area contributed by atoms with Gasteiger partial charge in [0.15, 0.2) is 0 Å². The maximum atomic E-state index is 10.5. The summed E-state index contributed by atoms with van der Waals surface area (Å²) in [6.07, 6.45) is 0. The molecule has 3 N–H and O–H groups in total. The first-order valence-electron chi connectivity index (χ1n) is 4.16. The van der Waals surface area contributed by atoms with E-state index in [1.807, 2.05) is 32.0 Å². The molecule has 74 valence electrons. The summed E-state index contributed by atoms with van der Waals surface area (Å²) in [6.45, 7) is 3.72. The van der Waals surface area contributed by atoms with Crippen LogP contribution in [0.1, 0.15) is 11.1 Å². The number of aliphatic carboxylic acids is 1. The van der Waals surface area contributed by atoms with Gasteiger partial charge in [-0.15, -0.1) is 0 Å². The zero-order valence-corrected chi connectivity index (χ0v) is 8.11. The van der Waals surface area contributed by atoms with Crippen molar-refractivity contribution in [2.75, 3.05) is 0 Å². The number of carboxylic acids is 1. The monoisotopic (exact) mass is 192 g/mol. The van der Waals surface area contributed by atoms with E-state index in [2.05, 4.69) is 4.99 Å². The van der Waals surface area contributed by atoms with Gasteiger partial charge in [-0.1, -0.05) is 18.2 Å². The number of nitrogens with zero attached hydrogens (tertiary/aromatic N) is 1. The van der Waals surface area contributed by atoms with Crippen molar-refractivity contribution in [2.45, 2.75) is 13.8 Å². The average molecular weight is 192 g/mol. The summed E-state index contributed by atoms with van der Waals surface area (Å²) in [5, 5.41) is 8.57. The summed E-state index contributed by atoms with van der Waals surface area (Å²) in [4.78, 5) is 14.3. The van der Waals surface area contributed by atoms with Crippen molar-refractivity contribution < 1.29 is 9.90 Å². The molecule has 1 aromatic rings. The molecule has 0 spiro atoms. The molecule has 4 nitrogen and oxygen atoms in total. The molecule has 0 atom stereocenters. The minimum atomic E-state index is -1.20. The molecule has 0 unspecified atom stereocenters. The third-order valence-electron chi connectivity index (χ3n) is 1.89. The van der Waals surface area contributed by atoms with E-state index in [0.717, 1.165) is 11.1 Å². The second-order valence-electron chi connectivity index (χ2n) is 3.04. The number of para-hydroxylation sites is 1. The number of aliphatic imine (C=N–C) groups is 1. The second-order valence-corrected chi connectivity index (χ2v) is 3.04. The van der Waals surface area contributed by atoms with E-state index >= 15 is 0 Å². The number of carboxylic acid groups (broad SMARTS) is 1. The molecule has 0 saturated heterocycles. The number of rotatable bonds is 1. The van der Waals surface area contributed by atoms with Crippen LogP contribution in [0.2, 0.25) is 0 Å². The second kappa shape index (κ2) is 3.91. The Balaban J connectivity index is 3.20. The Kier molecular flexibility index (Phi) is 2.86. The van der Waals surface area contributed by atoms with Crippen molar-refractivity contribution in [2.24, 2.45) is 10.7 Å². The summed E-state index contributed by atoms with van der Waals surface area (Å²) < 4.78 is 0. The molecule has 1 aromatic carbocycles. The lowest BCUT2D eigenvalue weighted by Gasteiger charge is -2.03. The van der Waals surface area contributed by atoms with Gasteiger partial charge < -0.3 is 10.8 Å². The summed E-state index contributed by atoms with van der Waals surface area (Å²) in [5.41, 5.74) is 7.69. The highest BCUT2D eigenvalue weighted by Gasteiger charge is 2.06. The Labute approximate surface area is 82.1 Å². The van der Waals surface area contributed by atoms with E-state index < -0.39 is 5.97 Å². The molecule has 1 rings (SSSR count). The smallest absolute Gasteiger partial charge is 0.371 e. The van der Waals surface area contributed by atoms with Crippen LogP contribution in [0.5, 0.6) is 0 Å². The third-order valence-corrected chi connectivity index (χ3v) is 1.89. The standard InChI is InChI=1S/C10H12N2O2/c1-6-4-3-5-7(2)8(6)12-9(11)10(13)14/h3-5H,1-2H3,(H2,11,12)(H,13,14). The van der Waals surface area contributed by atoms with Gasteiger partial charge in [-0.25, -0.2) is 9.79 Å². The van der Waals surface area contributed by atoms with Crippen LogP contribution >= 0.6 is 0 Å². The molecule has 0 fully saturated rings. The molecule has 0 bridgehead atoms. The Hall–Kier alpha value is -1.84. The number of aryl methyl sites for hydroxylation is 2. The number of carbonyl (C=O) groups is 1. The largest absolute Gasteiger partial charge is 0.475 e. The molecule has 0 aromatic heterocycles. The average Bonchev–Trinajstić information content (AvgIpc) is 2.11. The van der Waals surface area contributed by atoms with E-state index in [9.17, 15) is 4.79 Å². The van der Waals surface area contributed by atoms with Gasteiger partial charge in [0.05, 0.1) is 5.69 Å². The van der Waals surface area contributed by atoms with Gasteiger partial charge in [0.1, 0.15) is 0 Å². The van der Waals surface area contributed by atoms with Crippen LogP contribution in [0.3, 0.4) is 0 Å². The van der Waals surface area contributed by atoms with Crippen LogP contribution in [0.4, 0.5) is 5.69 Å². The van der Waals surface area contributed by atoms with Crippen LogP contribution in [-0.4, -0.2) is 16.9 Å². The third kappa shape index (κ3) is 2.10. The van der Waals surface area contributed by atoms with Crippen molar-refractivity contribution >= 4 is 17.5 Å². The van der Waals surface area contributed by atoms with Crippen molar-refractivity contribution in [3.63, 3.8) is 0 Å². The first-order valence-corrected chi connectivity index (χ1v) is 4.16. The Bertz CT molecular complexity index is 377. The number of hydrogen-bond acceptors (Lipinski definition) is 2.